The zero-order valence-corrected chi connectivity index (χ0v) is 11.8. The first kappa shape index (κ1) is 13.6. The van der Waals surface area contributed by atoms with Crippen molar-refractivity contribution in [2.75, 3.05) is 19.6 Å². The van der Waals surface area contributed by atoms with Crippen molar-refractivity contribution in [3.8, 4) is 0 Å². The van der Waals surface area contributed by atoms with Crippen LogP contribution in [-0.4, -0.2) is 35.7 Å². The SMILES string of the molecule is CCC(C)C1CN(Cc2cc(C)on2)CCCN1. The van der Waals surface area contributed by atoms with E-state index >= 15 is 0 Å². The fourth-order valence-electron chi connectivity index (χ4n) is 2.55. The van der Waals surface area contributed by atoms with Crippen molar-refractivity contribution in [3.05, 3.63) is 17.5 Å². The monoisotopic (exact) mass is 251 g/mol. The third kappa shape index (κ3) is 3.56. The first-order valence-electron chi connectivity index (χ1n) is 7.07. The average molecular weight is 251 g/mol. The molecule has 1 fully saturated rings. The highest BCUT2D eigenvalue weighted by molar-refractivity contribution is 5.03. The van der Waals surface area contributed by atoms with Crippen molar-refractivity contribution in [2.45, 2.75) is 46.2 Å². The molecule has 2 heterocycles. The van der Waals surface area contributed by atoms with Crippen LogP contribution in [0.1, 0.15) is 38.1 Å². The zero-order chi connectivity index (χ0) is 13.0. The van der Waals surface area contributed by atoms with Crippen LogP contribution in [0.4, 0.5) is 0 Å². The minimum Gasteiger partial charge on any atom is -0.361 e. The normalized spacial score (nSPS) is 23.8. The highest BCUT2D eigenvalue weighted by atomic mass is 16.5. The van der Waals surface area contributed by atoms with Crippen molar-refractivity contribution < 1.29 is 4.52 Å². The van der Waals surface area contributed by atoms with Gasteiger partial charge in [-0.3, -0.25) is 4.90 Å². The van der Waals surface area contributed by atoms with E-state index < -0.39 is 0 Å². The van der Waals surface area contributed by atoms with Gasteiger partial charge in [-0.25, -0.2) is 0 Å². The molecule has 0 saturated carbocycles. The number of hydrogen-bond donors (Lipinski definition) is 1. The molecule has 4 heteroatoms. The highest BCUT2D eigenvalue weighted by Gasteiger charge is 2.22. The van der Waals surface area contributed by atoms with Crippen molar-refractivity contribution in [3.63, 3.8) is 0 Å². The van der Waals surface area contributed by atoms with Crippen LogP contribution >= 0.6 is 0 Å². The van der Waals surface area contributed by atoms with Crippen LogP contribution in [0.5, 0.6) is 0 Å². The zero-order valence-electron chi connectivity index (χ0n) is 11.8. The van der Waals surface area contributed by atoms with Gasteiger partial charge in [-0.05, 0) is 32.4 Å². The van der Waals surface area contributed by atoms with Crippen molar-refractivity contribution in [1.82, 2.24) is 15.4 Å². The summed E-state index contributed by atoms with van der Waals surface area (Å²) >= 11 is 0. The maximum atomic E-state index is 5.14. The van der Waals surface area contributed by atoms with Crippen molar-refractivity contribution >= 4 is 0 Å². The second-order valence-electron chi connectivity index (χ2n) is 5.46. The summed E-state index contributed by atoms with van der Waals surface area (Å²) in [5, 5.41) is 7.76. The lowest BCUT2D eigenvalue weighted by molar-refractivity contribution is 0.225. The minimum atomic E-state index is 0.602. The Morgan fingerprint density at radius 2 is 2.44 bits per heavy atom. The van der Waals surface area contributed by atoms with Gasteiger partial charge < -0.3 is 9.84 Å². The number of aryl methyl sites for hydroxylation is 1. The van der Waals surface area contributed by atoms with E-state index in [-0.39, 0.29) is 0 Å². The summed E-state index contributed by atoms with van der Waals surface area (Å²) in [6, 6.07) is 2.64. The largest absolute Gasteiger partial charge is 0.361 e. The highest BCUT2D eigenvalue weighted by Crippen LogP contribution is 2.14. The molecule has 4 nitrogen and oxygen atoms in total. The summed E-state index contributed by atoms with van der Waals surface area (Å²) in [7, 11) is 0. The van der Waals surface area contributed by atoms with Crippen LogP contribution in [0.3, 0.4) is 0 Å². The van der Waals surface area contributed by atoms with Gasteiger partial charge in [0.05, 0.1) is 5.69 Å². The molecule has 2 unspecified atom stereocenters. The quantitative estimate of drug-likeness (QED) is 0.890. The van der Waals surface area contributed by atoms with E-state index in [1.807, 2.05) is 13.0 Å². The van der Waals surface area contributed by atoms with Gasteiger partial charge in [0, 0.05) is 25.2 Å². The summed E-state index contributed by atoms with van der Waals surface area (Å²) in [6.45, 7) is 10.8. The molecular formula is C14H25N3O. The molecule has 1 aromatic heterocycles. The van der Waals surface area contributed by atoms with E-state index in [0.29, 0.717) is 6.04 Å². The molecule has 0 radical (unpaired) electrons. The Hall–Kier alpha value is -0.870. The lowest BCUT2D eigenvalue weighted by Gasteiger charge is -2.27. The van der Waals surface area contributed by atoms with E-state index in [1.54, 1.807) is 0 Å². The van der Waals surface area contributed by atoms with E-state index in [9.17, 15) is 0 Å². The first-order chi connectivity index (χ1) is 8.69. The number of rotatable bonds is 4. The van der Waals surface area contributed by atoms with Crippen LogP contribution in [0.2, 0.25) is 0 Å². The molecule has 1 saturated heterocycles. The predicted octanol–water partition coefficient (Wildman–Crippen LogP) is 2.19. The van der Waals surface area contributed by atoms with E-state index in [0.717, 1.165) is 43.6 Å². The predicted molar refractivity (Wildman–Crippen MR) is 72.4 cm³/mol. The van der Waals surface area contributed by atoms with Gasteiger partial charge in [-0.15, -0.1) is 0 Å². The topological polar surface area (TPSA) is 41.3 Å². The lowest BCUT2D eigenvalue weighted by atomic mass is 9.99. The molecule has 1 aliphatic heterocycles. The Balaban J connectivity index is 1.94. The van der Waals surface area contributed by atoms with Gasteiger partial charge >= 0.3 is 0 Å². The second-order valence-corrected chi connectivity index (χ2v) is 5.46. The summed E-state index contributed by atoms with van der Waals surface area (Å²) in [6.07, 6.45) is 2.44. The first-order valence-corrected chi connectivity index (χ1v) is 7.07. The number of aromatic nitrogens is 1. The van der Waals surface area contributed by atoms with Crippen molar-refractivity contribution in [1.29, 1.82) is 0 Å². The molecule has 0 aliphatic carbocycles. The molecule has 1 aromatic rings. The van der Waals surface area contributed by atoms with Gasteiger partial charge in [0.1, 0.15) is 5.76 Å². The minimum absolute atomic E-state index is 0.602. The summed E-state index contributed by atoms with van der Waals surface area (Å²) in [5.41, 5.74) is 1.05. The summed E-state index contributed by atoms with van der Waals surface area (Å²) in [5.74, 6) is 1.63. The second kappa shape index (κ2) is 6.34. The fourth-order valence-corrected chi connectivity index (χ4v) is 2.55. The van der Waals surface area contributed by atoms with Crippen LogP contribution in [0.15, 0.2) is 10.6 Å². The van der Waals surface area contributed by atoms with Crippen LogP contribution in [0.25, 0.3) is 0 Å². The lowest BCUT2D eigenvalue weighted by Crippen LogP contribution is -2.41. The van der Waals surface area contributed by atoms with Crippen LogP contribution in [0, 0.1) is 12.8 Å². The van der Waals surface area contributed by atoms with Gasteiger partial charge in [0.25, 0.3) is 0 Å². The Bertz CT molecular complexity index is 364. The third-order valence-corrected chi connectivity index (χ3v) is 3.91. The van der Waals surface area contributed by atoms with Gasteiger partial charge in [0.15, 0.2) is 0 Å². The van der Waals surface area contributed by atoms with Crippen LogP contribution in [-0.2, 0) is 6.54 Å². The van der Waals surface area contributed by atoms with E-state index in [2.05, 4.69) is 29.2 Å². The molecule has 0 bridgehead atoms. The number of nitrogens with one attached hydrogen (secondary N) is 1. The molecule has 18 heavy (non-hydrogen) atoms. The molecule has 2 rings (SSSR count). The van der Waals surface area contributed by atoms with E-state index in [4.69, 9.17) is 4.52 Å². The third-order valence-electron chi connectivity index (χ3n) is 3.91. The molecule has 0 amide bonds. The van der Waals surface area contributed by atoms with Crippen LogP contribution < -0.4 is 5.32 Å². The van der Waals surface area contributed by atoms with Gasteiger partial charge in [-0.2, -0.15) is 0 Å². The molecule has 0 spiro atoms. The summed E-state index contributed by atoms with van der Waals surface area (Å²) < 4.78 is 5.14. The molecule has 1 aliphatic rings. The smallest absolute Gasteiger partial charge is 0.133 e. The average Bonchev–Trinajstić information content (AvgIpc) is 2.64. The Morgan fingerprint density at radius 1 is 1.61 bits per heavy atom. The Kier molecular flexibility index (Phi) is 4.78. The summed E-state index contributed by atoms with van der Waals surface area (Å²) in [4.78, 5) is 2.49. The fraction of sp³-hybridized carbons (Fsp3) is 0.786. The van der Waals surface area contributed by atoms with Crippen molar-refractivity contribution in [2.24, 2.45) is 5.92 Å². The molecule has 0 aromatic carbocycles. The maximum absolute atomic E-state index is 5.14. The standard InChI is InChI=1S/C14H25N3O/c1-4-11(2)14-10-17(7-5-6-15-14)9-13-8-12(3)18-16-13/h8,11,14-15H,4-7,9-10H2,1-3H3. The molecule has 2 atom stereocenters. The van der Waals surface area contributed by atoms with Gasteiger partial charge in [0.2, 0.25) is 0 Å². The molecular weight excluding hydrogens is 226 g/mol. The number of nitrogens with zero attached hydrogens (tertiary/aromatic N) is 2. The Labute approximate surface area is 110 Å². The maximum Gasteiger partial charge on any atom is 0.133 e. The Morgan fingerprint density at radius 3 is 3.11 bits per heavy atom. The molecule has 102 valence electrons. The molecule has 1 N–H and O–H groups in total. The van der Waals surface area contributed by atoms with E-state index in [1.165, 1.54) is 12.8 Å². The van der Waals surface area contributed by atoms with Gasteiger partial charge in [-0.1, -0.05) is 25.4 Å². The number of hydrogen-bond acceptors (Lipinski definition) is 4.